The fraction of sp³-hybridized carbons (Fsp3) is 0.500. The highest BCUT2D eigenvalue weighted by Crippen LogP contribution is 2.47. The zero-order valence-corrected chi connectivity index (χ0v) is 12.5. The lowest BCUT2D eigenvalue weighted by Crippen LogP contribution is -2.12. The molecule has 1 fully saturated rings. The van der Waals surface area contributed by atoms with Crippen molar-refractivity contribution in [3.05, 3.63) is 12.1 Å². The van der Waals surface area contributed by atoms with Gasteiger partial charge in [0.1, 0.15) is 11.5 Å². The quantitative estimate of drug-likeness (QED) is 0.843. The van der Waals surface area contributed by atoms with Gasteiger partial charge in [0.05, 0.1) is 32.0 Å². The van der Waals surface area contributed by atoms with Gasteiger partial charge in [0, 0.05) is 6.07 Å². The van der Waals surface area contributed by atoms with Crippen molar-refractivity contribution in [3.63, 3.8) is 0 Å². The van der Waals surface area contributed by atoms with E-state index in [1.165, 1.54) is 12.8 Å². The van der Waals surface area contributed by atoms with Gasteiger partial charge in [0.2, 0.25) is 0 Å². The van der Waals surface area contributed by atoms with Gasteiger partial charge in [0.15, 0.2) is 5.82 Å². The third kappa shape index (κ3) is 2.51. The van der Waals surface area contributed by atoms with Gasteiger partial charge in [-0.05, 0) is 34.7 Å². The van der Waals surface area contributed by atoms with Crippen LogP contribution in [-0.2, 0) is 6.54 Å². The smallest absolute Gasteiger partial charge is 0.184 e. The molecule has 0 unspecified atom stereocenters. The second kappa shape index (κ2) is 4.91. The van der Waals surface area contributed by atoms with Gasteiger partial charge in [-0.3, -0.25) is 0 Å². The predicted molar refractivity (Wildman–Crippen MR) is 78.1 cm³/mol. The first kappa shape index (κ1) is 13.7. The van der Waals surface area contributed by atoms with Crippen LogP contribution in [0.3, 0.4) is 0 Å². The maximum Gasteiger partial charge on any atom is 0.184 e. The van der Waals surface area contributed by atoms with E-state index in [4.69, 9.17) is 15.2 Å². The summed E-state index contributed by atoms with van der Waals surface area (Å²) in [6.07, 6.45) is 2.40. The van der Waals surface area contributed by atoms with Crippen molar-refractivity contribution in [3.8, 4) is 22.9 Å². The average Bonchev–Trinajstić information content (AvgIpc) is 3.03. The molecule has 0 radical (unpaired) electrons. The summed E-state index contributed by atoms with van der Waals surface area (Å²) in [5.41, 5.74) is 7.69. The molecule has 7 nitrogen and oxygen atoms in total. The molecule has 21 heavy (non-hydrogen) atoms. The first-order valence-electron chi connectivity index (χ1n) is 6.84. The van der Waals surface area contributed by atoms with Gasteiger partial charge < -0.3 is 15.2 Å². The molecule has 0 saturated heterocycles. The largest absolute Gasteiger partial charge is 0.497 e. The van der Waals surface area contributed by atoms with Crippen molar-refractivity contribution in [1.82, 2.24) is 20.2 Å². The van der Waals surface area contributed by atoms with Crippen LogP contribution in [0.5, 0.6) is 11.5 Å². The van der Waals surface area contributed by atoms with Crippen molar-refractivity contribution in [1.29, 1.82) is 0 Å². The molecule has 0 spiro atoms. The summed E-state index contributed by atoms with van der Waals surface area (Å²) in [5.74, 6) is 1.84. The van der Waals surface area contributed by atoms with Crippen LogP contribution in [0.2, 0.25) is 0 Å². The number of hydrogen-bond acceptors (Lipinski definition) is 6. The minimum Gasteiger partial charge on any atom is -0.497 e. The van der Waals surface area contributed by atoms with E-state index in [2.05, 4.69) is 22.4 Å². The Bertz CT molecular complexity index is 663. The number of methoxy groups -OCH3 is 2. The molecule has 0 bridgehead atoms. The normalized spacial score (nSPS) is 15.8. The predicted octanol–water partition coefficient (Wildman–Crippen LogP) is 1.74. The highest BCUT2D eigenvalue weighted by molar-refractivity contribution is 5.78. The van der Waals surface area contributed by atoms with E-state index in [1.807, 2.05) is 6.07 Å². The number of nitrogen functional groups attached to an aromatic ring is 1. The highest BCUT2D eigenvalue weighted by Gasteiger charge is 2.38. The lowest BCUT2D eigenvalue weighted by Gasteiger charge is -2.14. The summed E-state index contributed by atoms with van der Waals surface area (Å²) in [5, 5.41) is 12.0. The Balaban J connectivity index is 2.05. The number of anilines is 1. The Morgan fingerprint density at radius 2 is 2.05 bits per heavy atom. The van der Waals surface area contributed by atoms with E-state index in [-0.39, 0.29) is 0 Å². The minimum atomic E-state index is 0.293. The number of nitrogens with two attached hydrogens (primary N) is 1. The van der Waals surface area contributed by atoms with Gasteiger partial charge >= 0.3 is 0 Å². The molecule has 1 saturated carbocycles. The molecule has 2 N–H and O–H groups in total. The topological polar surface area (TPSA) is 88.1 Å². The van der Waals surface area contributed by atoms with Crippen LogP contribution in [0.1, 0.15) is 19.8 Å². The molecule has 3 rings (SSSR count). The van der Waals surface area contributed by atoms with Crippen LogP contribution in [0.25, 0.3) is 11.4 Å². The van der Waals surface area contributed by atoms with Gasteiger partial charge in [-0.1, -0.05) is 6.92 Å². The van der Waals surface area contributed by atoms with Crippen LogP contribution >= 0.6 is 0 Å². The zero-order chi connectivity index (χ0) is 15.0. The Hall–Kier alpha value is -2.31. The highest BCUT2D eigenvalue weighted by atomic mass is 16.5. The lowest BCUT2D eigenvalue weighted by molar-refractivity contribution is 0.395. The fourth-order valence-electron chi connectivity index (χ4n) is 2.31. The van der Waals surface area contributed by atoms with Crippen LogP contribution in [0, 0.1) is 5.41 Å². The summed E-state index contributed by atoms with van der Waals surface area (Å²) in [6.45, 7) is 3.02. The Morgan fingerprint density at radius 1 is 1.29 bits per heavy atom. The summed E-state index contributed by atoms with van der Waals surface area (Å²) in [4.78, 5) is 0. The van der Waals surface area contributed by atoms with Crippen LogP contribution in [0.4, 0.5) is 5.69 Å². The number of hydrogen-bond donors (Lipinski definition) is 1. The molecule has 0 aliphatic heterocycles. The maximum atomic E-state index is 6.17. The monoisotopic (exact) mass is 289 g/mol. The van der Waals surface area contributed by atoms with Crippen molar-refractivity contribution in [2.24, 2.45) is 5.41 Å². The summed E-state index contributed by atoms with van der Waals surface area (Å²) < 4.78 is 12.4. The van der Waals surface area contributed by atoms with Crippen molar-refractivity contribution < 1.29 is 9.47 Å². The second-order valence-corrected chi connectivity index (χ2v) is 5.76. The standard InChI is InChI=1S/C14H19N5O2/c1-14(4-5-14)8-19-13(16-17-18-19)10-6-9(20-2)7-11(21-3)12(10)15/h6-7H,4-5,8,15H2,1-3H3. The van der Waals surface area contributed by atoms with Gasteiger partial charge in [-0.2, -0.15) is 0 Å². The first-order chi connectivity index (χ1) is 10.1. The SMILES string of the molecule is COc1cc(OC)c(N)c(-c2nnnn2CC2(C)CC2)c1. The number of tetrazole rings is 1. The molecule has 1 aromatic carbocycles. The molecule has 112 valence electrons. The maximum absolute atomic E-state index is 6.17. The molecule has 1 aliphatic carbocycles. The molecule has 1 aromatic heterocycles. The Kier molecular flexibility index (Phi) is 3.19. The van der Waals surface area contributed by atoms with E-state index in [1.54, 1.807) is 25.0 Å². The summed E-state index contributed by atoms with van der Waals surface area (Å²) in [7, 11) is 3.17. The third-order valence-electron chi connectivity index (χ3n) is 3.98. The van der Waals surface area contributed by atoms with Gasteiger partial charge in [-0.25, -0.2) is 4.68 Å². The average molecular weight is 289 g/mol. The fourth-order valence-corrected chi connectivity index (χ4v) is 2.31. The number of aromatic nitrogens is 4. The molecule has 7 heteroatoms. The molecule has 0 atom stereocenters. The Labute approximate surface area is 123 Å². The van der Waals surface area contributed by atoms with Gasteiger partial charge in [0.25, 0.3) is 0 Å². The third-order valence-corrected chi connectivity index (χ3v) is 3.98. The van der Waals surface area contributed by atoms with Crippen molar-refractivity contribution in [2.45, 2.75) is 26.3 Å². The Morgan fingerprint density at radius 3 is 2.67 bits per heavy atom. The summed E-state index contributed by atoms with van der Waals surface area (Å²) in [6, 6.07) is 3.57. The van der Waals surface area contributed by atoms with E-state index in [9.17, 15) is 0 Å². The van der Waals surface area contributed by atoms with E-state index in [0.717, 1.165) is 12.1 Å². The number of ether oxygens (including phenoxy) is 2. The number of nitrogens with zero attached hydrogens (tertiary/aromatic N) is 4. The van der Waals surface area contributed by atoms with Crippen molar-refractivity contribution in [2.75, 3.05) is 20.0 Å². The van der Waals surface area contributed by atoms with Crippen LogP contribution in [-0.4, -0.2) is 34.4 Å². The minimum absolute atomic E-state index is 0.293. The first-order valence-corrected chi connectivity index (χ1v) is 6.84. The second-order valence-electron chi connectivity index (χ2n) is 5.76. The lowest BCUT2D eigenvalue weighted by atomic mass is 10.1. The molecular formula is C14H19N5O2. The van der Waals surface area contributed by atoms with E-state index in [0.29, 0.717) is 28.4 Å². The molecule has 2 aromatic rings. The number of rotatable bonds is 5. The number of benzene rings is 1. The van der Waals surface area contributed by atoms with Crippen LogP contribution in [0.15, 0.2) is 12.1 Å². The van der Waals surface area contributed by atoms with E-state index >= 15 is 0 Å². The molecule has 0 amide bonds. The van der Waals surface area contributed by atoms with Gasteiger partial charge in [-0.15, -0.1) is 5.10 Å². The van der Waals surface area contributed by atoms with Crippen LogP contribution < -0.4 is 15.2 Å². The van der Waals surface area contributed by atoms with Crippen molar-refractivity contribution >= 4 is 5.69 Å². The van der Waals surface area contributed by atoms with E-state index < -0.39 is 0 Å². The molecule has 1 heterocycles. The zero-order valence-electron chi connectivity index (χ0n) is 12.5. The molecular weight excluding hydrogens is 270 g/mol. The molecule has 1 aliphatic rings. The summed E-state index contributed by atoms with van der Waals surface area (Å²) >= 11 is 0.